The van der Waals surface area contributed by atoms with E-state index in [1.807, 2.05) is 13.0 Å². The Balaban J connectivity index is 2.44. The van der Waals surface area contributed by atoms with Gasteiger partial charge in [0.05, 0.1) is 11.1 Å². The van der Waals surface area contributed by atoms with Crippen LogP contribution in [0.25, 0.3) is 0 Å². The molecule has 0 aliphatic heterocycles. The van der Waals surface area contributed by atoms with Crippen molar-refractivity contribution in [1.29, 1.82) is 5.26 Å². The number of hydrogen-bond donors (Lipinski definition) is 1. The number of carboxylic acids is 1. The Labute approximate surface area is 119 Å². The van der Waals surface area contributed by atoms with E-state index >= 15 is 0 Å². The zero-order valence-electron chi connectivity index (χ0n) is 10.6. The topological polar surface area (TPSA) is 61.1 Å². The number of carboxylic acid groups (broad SMARTS) is 1. The second-order valence-electron chi connectivity index (χ2n) is 4.16. The van der Waals surface area contributed by atoms with Gasteiger partial charge < -0.3 is 5.11 Å². The Hall–Kier alpha value is -2.32. The Kier molecular flexibility index (Phi) is 4.06. The maximum atomic E-state index is 13.8. The summed E-state index contributed by atoms with van der Waals surface area (Å²) in [5.41, 5.74) is 1.39. The highest BCUT2D eigenvalue weighted by atomic mass is 32.2. The predicted octanol–water partition coefficient (Wildman–Crippen LogP) is 3.86. The van der Waals surface area contributed by atoms with Gasteiger partial charge in [0.1, 0.15) is 11.9 Å². The van der Waals surface area contributed by atoms with Crippen molar-refractivity contribution >= 4 is 17.7 Å². The van der Waals surface area contributed by atoms with Crippen LogP contribution < -0.4 is 0 Å². The lowest BCUT2D eigenvalue weighted by atomic mass is 10.2. The maximum absolute atomic E-state index is 13.8. The standard InChI is InChI=1S/C15H10FNO2S/c1-9-2-3-11(8-17)13(6-9)20-14-7-10(15(18)19)4-5-12(14)16/h2-7H,1H3,(H,18,19). The second-order valence-corrected chi connectivity index (χ2v) is 5.25. The van der Waals surface area contributed by atoms with Gasteiger partial charge in [-0.1, -0.05) is 17.8 Å². The molecule has 1 N–H and O–H groups in total. The van der Waals surface area contributed by atoms with E-state index in [1.54, 1.807) is 18.2 Å². The maximum Gasteiger partial charge on any atom is 0.335 e. The van der Waals surface area contributed by atoms with Crippen molar-refractivity contribution in [2.24, 2.45) is 0 Å². The first-order chi connectivity index (χ1) is 9.51. The molecule has 0 spiro atoms. The zero-order valence-corrected chi connectivity index (χ0v) is 11.4. The van der Waals surface area contributed by atoms with Gasteiger partial charge in [-0.2, -0.15) is 5.26 Å². The predicted molar refractivity (Wildman–Crippen MR) is 73.4 cm³/mol. The van der Waals surface area contributed by atoms with E-state index in [4.69, 9.17) is 10.4 Å². The second kappa shape index (κ2) is 5.76. The first kappa shape index (κ1) is 14.1. The summed E-state index contributed by atoms with van der Waals surface area (Å²) in [4.78, 5) is 11.7. The largest absolute Gasteiger partial charge is 0.478 e. The van der Waals surface area contributed by atoms with Gasteiger partial charge in [-0.3, -0.25) is 0 Å². The van der Waals surface area contributed by atoms with Crippen molar-refractivity contribution < 1.29 is 14.3 Å². The Morgan fingerprint density at radius 2 is 2.00 bits per heavy atom. The fraction of sp³-hybridized carbons (Fsp3) is 0.0667. The zero-order chi connectivity index (χ0) is 14.7. The molecule has 3 nitrogen and oxygen atoms in total. The molecule has 0 amide bonds. The number of halogens is 1. The molecule has 2 aromatic carbocycles. The monoisotopic (exact) mass is 287 g/mol. The fourth-order valence-corrected chi connectivity index (χ4v) is 2.70. The highest BCUT2D eigenvalue weighted by Crippen LogP contribution is 2.33. The van der Waals surface area contributed by atoms with Gasteiger partial charge in [0, 0.05) is 9.79 Å². The van der Waals surface area contributed by atoms with Gasteiger partial charge in [-0.15, -0.1) is 0 Å². The molecule has 0 bridgehead atoms. The summed E-state index contributed by atoms with van der Waals surface area (Å²) < 4.78 is 13.8. The van der Waals surface area contributed by atoms with Crippen LogP contribution >= 0.6 is 11.8 Å². The lowest BCUT2D eigenvalue weighted by molar-refractivity contribution is 0.0696. The smallest absolute Gasteiger partial charge is 0.335 e. The normalized spacial score (nSPS) is 10.1. The summed E-state index contributed by atoms with van der Waals surface area (Å²) in [5.74, 6) is -1.62. The molecule has 0 aromatic heterocycles. The van der Waals surface area contributed by atoms with E-state index in [9.17, 15) is 9.18 Å². The minimum atomic E-state index is -1.11. The molecule has 0 radical (unpaired) electrons. The molecule has 0 unspecified atom stereocenters. The molecule has 5 heteroatoms. The Bertz CT molecular complexity index is 722. The van der Waals surface area contributed by atoms with Gasteiger partial charge >= 0.3 is 5.97 Å². The average molecular weight is 287 g/mol. The SMILES string of the molecule is Cc1ccc(C#N)c(Sc2cc(C(=O)O)ccc2F)c1. The summed E-state index contributed by atoms with van der Waals surface area (Å²) in [6.45, 7) is 1.87. The summed E-state index contributed by atoms with van der Waals surface area (Å²) in [6.07, 6.45) is 0. The van der Waals surface area contributed by atoms with Crippen LogP contribution in [0.4, 0.5) is 4.39 Å². The van der Waals surface area contributed by atoms with Crippen molar-refractivity contribution in [1.82, 2.24) is 0 Å². The highest BCUT2D eigenvalue weighted by Gasteiger charge is 2.12. The molecular formula is C15H10FNO2S. The van der Waals surface area contributed by atoms with E-state index < -0.39 is 11.8 Å². The third kappa shape index (κ3) is 2.98. The van der Waals surface area contributed by atoms with Crippen molar-refractivity contribution in [3.05, 3.63) is 58.9 Å². The first-order valence-electron chi connectivity index (χ1n) is 5.72. The number of hydrogen-bond acceptors (Lipinski definition) is 3. The van der Waals surface area contributed by atoms with Crippen LogP contribution in [0.5, 0.6) is 0 Å². The van der Waals surface area contributed by atoms with Gasteiger partial charge in [-0.05, 0) is 42.8 Å². The van der Waals surface area contributed by atoms with Crippen LogP contribution in [-0.2, 0) is 0 Å². The molecule has 20 heavy (non-hydrogen) atoms. The van der Waals surface area contributed by atoms with E-state index in [0.29, 0.717) is 10.5 Å². The van der Waals surface area contributed by atoms with Crippen molar-refractivity contribution in [3.8, 4) is 6.07 Å². The van der Waals surface area contributed by atoms with Crippen LogP contribution in [-0.4, -0.2) is 11.1 Å². The molecule has 2 aromatic rings. The van der Waals surface area contributed by atoms with E-state index in [2.05, 4.69) is 0 Å². The third-order valence-electron chi connectivity index (χ3n) is 2.66. The van der Waals surface area contributed by atoms with Crippen LogP contribution in [0, 0.1) is 24.1 Å². The molecule has 0 heterocycles. The molecule has 2 rings (SSSR count). The first-order valence-corrected chi connectivity index (χ1v) is 6.54. The number of rotatable bonds is 3. The molecule has 0 fully saturated rings. The molecule has 0 saturated heterocycles. The van der Waals surface area contributed by atoms with Crippen LogP contribution in [0.3, 0.4) is 0 Å². The van der Waals surface area contributed by atoms with E-state index in [1.165, 1.54) is 12.1 Å². The number of nitriles is 1. The number of benzene rings is 2. The minimum absolute atomic E-state index is 0.0139. The van der Waals surface area contributed by atoms with Crippen LogP contribution in [0.2, 0.25) is 0 Å². The van der Waals surface area contributed by atoms with Gasteiger partial charge in [0.25, 0.3) is 0 Å². The van der Waals surface area contributed by atoms with Gasteiger partial charge in [-0.25, -0.2) is 9.18 Å². The van der Waals surface area contributed by atoms with Gasteiger partial charge in [0.15, 0.2) is 0 Å². The van der Waals surface area contributed by atoms with E-state index in [0.717, 1.165) is 23.4 Å². The Morgan fingerprint density at radius 1 is 1.25 bits per heavy atom. The number of nitrogens with zero attached hydrogens (tertiary/aromatic N) is 1. The average Bonchev–Trinajstić information content (AvgIpc) is 2.41. The van der Waals surface area contributed by atoms with Crippen LogP contribution in [0.1, 0.15) is 21.5 Å². The molecule has 0 aliphatic rings. The summed E-state index contributed by atoms with van der Waals surface area (Å²) in [5, 5.41) is 18.0. The number of aryl methyl sites for hydroxylation is 1. The lowest BCUT2D eigenvalue weighted by Gasteiger charge is -2.07. The number of carbonyl (C=O) groups is 1. The van der Waals surface area contributed by atoms with Crippen molar-refractivity contribution in [2.75, 3.05) is 0 Å². The minimum Gasteiger partial charge on any atom is -0.478 e. The van der Waals surface area contributed by atoms with Gasteiger partial charge in [0.2, 0.25) is 0 Å². The number of aromatic carboxylic acids is 1. The molecule has 100 valence electrons. The molecule has 0 atom stereocenters. The lowest BCUT2D eigenvalue weighted by Crippen LogP contribution is -1.97. The molecule has 0 aliphatic carbocycles. The summed E-state index contributed by atoms with van der Waals surface area (Å²) in [7, 11) is 0. The summed E-state index contributed by atoms with van der Waals surface area (Å²) >= 11 is 1.05. The van der Waals surface area contributed by atoms with E-state index in [-0.39, 0.29) is 10.5 Å². The highest BCUT2D eigenvalue weighted by molar-refractivity contribution is 7.99. The molecule has 0 saturated carbocycles. The fourth-order valence-electron chi connectivity index (χ4n) is 1.64. The third-order valence-corrected chi connectivity index (χ3v) is 3.75. The van der Waals surface area contributed by atoms with Crippen molar-refractivity contribution in [3.63, 3.8) is 0 Å². The van der Waals surface area contributed by atoms with Crippen molar-refractivity contribution in [2.45, 2.75) is 16.7 Å². The summed E-state index contributed by atoms with van der Waals surface area (Å²) in [6, 6.07) is 10.9. The Morgan fingerprint density at radius 3 is 2.65 bits per heavy atom. The van der Waals surface area contributed by atoms with Crippen LogP contribution in [0.15, 0.2) is 46.2 Å². The quantitative estimate of drug-likeness (QED) is 0.931. The molecular weight excluding hydrogens is 277 g/mol.